The van der Waals surface area contributed by atoms with E-state index in [0.717, 1.165) is 22.1 Å². The molecular weight excluding hydrogens is 402 g/mol. The van der Waals surface area contributed by atoms with Crippen LogP contribution in [0.3, 0.4) is 0 Å². The molecule has 0 aliphatic heterocycles. The predicted octanol–water partition coefficient (Wildman–Crippen LogP) is 5.24. The van der Waals surface area contributed by atoms with Crippen molar-refractivity contribution in [3.8, 4) is 11.3 Å². The molecule has 3 aromatic rings. The van der Waals surface area contributed by atoms with E-state index in [1.807, 2.05) is 43.5 Å². The van der Waals surface area contributed by atoms with Gasteiger partial charge in [0.1, 0.15) is 0 Å². The van der Waals surface area contributed by atoms with Gasteiger partial charge in [-0.2, -0.15) is 4.31 Å². The Morgan fingerprint density at radius 3 is 2.26 bits per heavy atom. The van der Waals surface area contributed by atoms with Crippen molar-refractivity contribution < 1.29 is 8.42 Å². The van der Waals surface area contributed by atoms with Gasteiger partial charge in [0.25, 0.3) is 0 Å². The molecule has 0 saturated carbocycles. The van der Waals surface area contributed by atoms with Gasteiger partial charge in [-0.3, -0.25) is 0 Å². The first-order valence-electron chi connectivity index (χ1n) is 8.52. The monoisotopic (exact) mass is 421 g/mol. The molecule has 1 N–H and O–H groups in total. The highest BCUT2D eigenvalue weighted by atomic mass is 35.5. The van der Waals surface area contributed by atoms with E-state index in [2.05, 4.69) is 10.3 Å². The molecule has 0 bridgehead atoms. The molecule has 5 nitrogen and oxygen atoms in total. The lowest BCUT2D eigenvalue weighted by Gasteiger charge is -2.18. The van der Waals surface area contributed by atoms with Crippen LogP contribution in [0.2, 0.25) is 5.02 Å². The van der Waals surface area contributed by atoms with Gasteiger partial charge in [-0.25, -0.2) is 13.4 Å². The van der Waals surface area contributed by atoms with Gasteiger partial charge in [0.15, 0.2) is 5.13 Å². The van der Waals surface area contributed by atoms with Crippen LogP contribution >= 0.6 is 22.9 Å². The molecule has 1 aromatic heterocycles. The first-order valence-corrected chi connectivity index (χ1v) is 11.2. The highest BCUT2D eigenvalue weighted by Crippen LogP contribution is 2.28. The van der Waals surface area contributed by atoms with E-state index in [0.29, 0.717) is 23.0 Å². The molecule has 2 aromatic carbocycles. The first-order chi connectivity index (χ1) is 12.9. The Morgan fingerprint density at radius 2 is 1.67 bits per heavy atom. The third kappa shape index (κ3) is 4.50. The van der Waals surface area contributed by atoms with E-state index < -0.39 is 10.0 Å². The summed E-state index contributed by atoms with van der Waals surface area (Å²) < 4.78 is 26.6. The standard InChI is InChI=1S/C19H20ClN3O2S2/c1-3-23(4-2)27(24,25)17-11-5-14(6-12-17)18-13-26-19(22-18)21-16-9-7-15(20)8-10-16/h5-13H,3-4H2,1-2H3,(H,21,22). The molecular formula is C19H20ClN3O2S2. The Labute approximate surface area is 168 Å². The van der Waals surface area contributed by atoms with Gasteiger partial charge in [-0.15, -0.1) is 11.3 Å². The van der Waals surface area contributed by atoms with Gasteiger partial charge < -0.3 is 5.32 Å². The van der Waals surface area contributed by atoms with Crippen molar-refractivity contribution in [2.24, 2.45) is 0 Å². The van der Waals surface area contributed by atoms with Crippen molar-refractivity contribution in [3.63, 3.8) is 0 Å². The Hall–Kier alpha value is -1.93. The maximum absolute atomic E-state index is 12.6. The number of nitrogens with one attached hydrogen (secondary N) is 1. The molecule has 0 aliphatic carbocycles. The van der Waals surface area contributed by atoms with Gasteiger partial charge in [0.2, 0.25) is 10.0 Å². The Bertz CT molecular complexity index is 996. The fraction of sp³-hybridized carbons (Fsp3) is 0.211. The number of nitrogens with zero attached hydrogens (tertiary/aromatic N) is 2. The Balaban J connectivity index is 1.78. The van der Waals surface area contributed by atoms with Crippen LogP contribution in [0.4, 0.5) is 10.8 Å². The first kappa shape index (κ1) is 19.8. The van der Waals surface area contributed by atoms with Crippen LogP contribution in [0.5, 0.6) is 0 Å². The predicted molar refractivity (Wildman–Crippen MR) is 112 cm³/mol. The van der Waals surface area contributed by atoms with Crippen LogP contribution in [-0.4, -0.2) is 30.8 Å². The second kappa shape index (κ2) is 8.39. The number of benzene rings is 2. The number of halogens is 1. The molecule has 0 unspecified atom stereocenters. The van der Waals surface area contributed by atoms with E-state index in [-0.39, 0.29) is 0 Å². The number of hydrogen-bond donors (Lipinski definition) is 1. The molecule has 0 aliphatic rings. The minimum atomic E-state index is -3.45. The lowest BCUT2D eigenvalue weighted by Crippen LogP contribution is -2.30. The summed E-state index contributed by atoms with van der Waals surface area (Å²) in [4.78, 5) is 4.87. The zero-order valence-corrected chi connectivity index (χ0v) is 17.4. The van der Waals surface area contributed by atoms with E-state index >= 15 is 0 Å². The van der Waals surface area contributed by atoms with Crippen molar-refractivity contribution >= 4 is 43.8 Å². The van der Waals surface area contributed by atoms with Crippen LogP contribution in [0.25, 0.3) is 11.3 Å². The van der Waals surface area contributed by atoms with Gasteiger partial charge in [0, 0.05) is 34.7 Å². The van der Waals surface area contributed by atoms with Crippen LogP contribution in [0.15, 0.2) is 58.8 Å². The smallest absolute Gasteiger partial charge is 0.243 e. The Kier molecular flexibility index (Phi) is 6.16. The van der Waals surface area contributed by atoms with E-state index in [4.69, 9.17) is 11.6 Å². The Morgan fingerprint density at radius 1 is 1.04 bits per heavy atom. The van der Waals surface area contributed by atoms with Crippen molar-refractivity contribution in [1.29, 1.82) is 0 Å². The van der Waals surface area contributed by atoms with Gasteiger partial charge in [-0.05, 0) is 36.4 Å². The largest absolute Gasteiger partial charge is 0.332 e. The second-order valence-corrected chi connectivity index (χ2v) is 9.02. The molecule has 0 fully saturated rings. The van der Waals surface area contributed by atoms with Crippen LogP contribution in [0, 0.1) is 0 Å². The van der Waals surface area contributed by atoms with Crippen LogP contribution in [-0.2, 0) is 10.0 Å². The lowest BCUT2D eigenvalue weighted by molar-refractivity contribution is 0.445. The summed E-state index contributed by atoms with van der Waals surface area (Å²) in [6, 6.07) is 14.2. The summed E-state index contributed by atoms with van der Waals surface area (Å²) in [6.45, 7) is 4.57. The molecule has 27 heavy (non-hydrogen) atoms. The molecule has 0 spiro atoms. The molecule has 0 radical (unpaired) electrons. The summed E-state index contributed by atoms with van der Waals surface area (Å²) in [5.41, 5.74) is 2.57. The number of sulfonamides is 1. The number of anilines is 2. The maximum atomic E-state index is 12.6. The summed E-state index contributed by atoms with van der Waals surface area (Å²) in [7, 11) is -3.45. The molecule has 142 valence electrons. The lowest BCUT2D eigenvalue weighted by atomic mass is 10.2. The van der Waals surface area contributed by atoms with Crippen molar-refractivity contribution in [1.82, 2.24) is 9.29 Å². The van der Waals surface area contributed by atoms with Gasteiger partial charge >= 0.3 is 0 Å². The van der Waals surface area contributed by atoms with Crippen molar-refractivity contribution in [2.75, 3.05) is 18.4 Å². The summed E-state index contributed by atoms with van der Waals surface area (Å²) >= 11 is 7.38. The summed E-state index contributed by atoms with van der Waals surface area (Å²) in [5.74, 6) is 0. The van der Waals surface area contributed by atoms with E-state index in [1.165, 1.54) is 15.6 Å². The topological polar surface area (TPSA) is 62.3 Å². The number of thiazole rings is 1. The average molecular weight is 422 g/mol. The molecule has 8 heteroatoms. The minimum Gasteiger partial charge on any atom is -0.332 e. The summed E-state index contributed by atoms with van der Waals surface area (Å²) in [6.07, 6.45) is 0. The fourth-order valence-corrected chi connectivity index (χ4v) is 4.95. The number of hydrogen-bond acceptors (Lipinski definition) is 5. The van der Waals surface area contributed by atoms with Crippen LogP contribution in [0.1, 0.15) is 13.8 Å². The minimum absolute atomic E-state index is 0.296. The highest BCUT2D eigenvalue weighted by Gasteiger charge is 2.21. The molecule has 0 amide bonds. The van der Waals surface area contributed by atoms with Gasteiger partial charge in [0.05, 0.1) is 10.6 Å². The average Bonchev–Trinajstić information content (AvgIpc) is 3.13. The van der Waals surface area contributed by atoms with E-state index in [1.54, 1.807) is 24.3 Å². The van der Waals surface area contributed by atoms with E-state index in [9.17, 15) is 8.42 Å². The third-order valence-corrected chi connectivity index (χ3v) is 7.17. The second-order valence-electron chi connectivity index (χ2n) is 5.78. The summed E-state index contributed by atoms with van der Waals surface area (Å²) in [5, 5.41) is 6.61. The highest BCUT2D eigenvalue weighted by molar-refractivity contribution is 7.89. The maximum Gasteiger partial charge on any atom is 0.243 e. The zero-order chi connectivity index (χ0) is 19.4. The fourth-order valence-electron chi connectivity index (χ4n) is 2.63. The number of aromatic nitrogens is 1. The quantitative estimate of drug-likeness (QED) is 0.566. The van der Waals surface area contributed by atoms with Crippen LogP contribution < -0.4 is 5.32 Å². The third-order valence-electron chi connectivity index (χ3n) is 4.09. The molecule has 3 rings (SSSR count). The van der Waals surface area contributed by atoms with Gasteiger partial charge in [-0.1, -0.05) is 37.6 Å². The molecule has 1 heterocycles. The molecule has 0 atom stereocenters. The normalized spacial score (nSPS) is 11.7. The SMILES string of the molecule is CCN(CC)S(=O)(=O)c1ccc(-c2csc(Nc3ccc(Cl)cc3)n2)cc1. The number of rotatable bonds is 7. The molecule has 0 saturated heterocycles. The zero-order valence-electron chi connectivity index (χ0n) is 15.0. The van der Waals surface area contributed by atoms with Crippen molar-refractivity contribution in [3.05, 3.63) is 58.9 Å². The van der Waals surface area contributed by atoms with Crippen molar-refractivity contribution in [2.45, 2.75) is 18.7 Å².